The fourth-order valence-electron chi connectivity index (χ4n) is 1.32. The number of aryl methyl sites for hydroxylation is 1. The minimum absolute atomic E-state index is 0.0698. The average Bonchev–Trinajstić information content (AvgIpc) is 2.24. The van der Waals surface area contributed by atoms with Crippen LogP contribution in [0.4, 0.5) is 0 Å². The van der Waals surface area contributed by atoms with Gasteiger partial charge in [0.1, 0.15) is 0 Å². The lowest BCUT2D eigenvalue weighted by Gasteiger charge is -2.12. The summed E-state index contributed by atoms with van der Waals surface area (Å²) >= 11 is 0. The number of hydrogen-bond acceptors (Lipinski definition) is 4. The van der Waals surface area contributed by atoms with Crippen LogP contribution in [0.2, 0.25) is 0 Å². The van der Waals surface area contributed by atoms with Crippen molar-refractivity contribution in [1.82, 2.24) is 9.88 Å². The van der Waals surface area contributed by atoms with Crippen LogP contribution in [0.15, 0.2) is 10.9 Å². The Balaban J connectivity index is 3.22. The molecular formula is C10H14N2O4. The predicted octanol–water partition coefficient (Wildman–Crippen LogP) is -0.879. The summed E-state index contributed by atoms with van der Waals surface area (Å²) in [5, 5.41) is 20.5. The van der Waals surface area contributed by atoms with Gasteiger partial charge in [0, 0.05) is 25.4 Å². The van der Waals surface area contributed by atoms with Gasteiger partial charge in [0.15, 0.2) is 11.4 Å². The highest BCUT2D eigenvalue weighted by Gasteiger charge is 2.17. The Morgan fingerprint density at radius 2 is 2.19 bits per heavy atom. The molecule has 1 amide bonds. The lowest BCUT2D eigenvalue weighted by Crippen LogP contribution is -2.30. The summed E-state index contributed by atoms with van der Waals surface area (Å²) in [6, 6.07) is 1.25. The van der Waals surface area contributed by atoms with Gasteiger partial charge in [-0.05, 0) is 6.92 Å². The van der Waals surface area contributed by atoms with Crippen molar-refractivity contribution in [3.05, 3.63) is 27.7 Å². The molecule has 0 saturated carbocycles. The molecule has 0 atom stereocenters. The zero-order valence-electron chi connectivity index (χ0n) is 9.15. The molecule has 1 aromatic rings. The molecule has 0 bridgehead atoms. The number of nitrogens with one attached hydrogen (secondary N) is 1. The summed E-state index contributed by atoms with van der Waals surface area (Å²) in [4.78, 5) is 22.9. The van der Waals surface area contributed by atoms with Crippen LogP contribution in [0.25, 0.3) is 0 Å². The van der Waals surface area contributed by atoms with Crippen LogP contribution in [0.5, 0.6) is 5.75 Å². The maximum atomic E-state index is 11.6. The second kappa shape index (κ2) is 4.80. The Labute approximate surface area is 92.1 Å². The average molecular weight is 226 g/mol. The molecule has 0 saturated heterocycles. The van der Waals surface area contributed by atoms with Crippen molar-refractivity contribution in [2.75, 3.05) is 13.2 Å². The van der Waals surface area contributed by atoms with E-state index in [0.717, 1.165) is 0 Å². The molecule has 0 aliphatic carbocycles. The number of carbonyl (C=O) groups is 1. The molecule has 1 heterocycles. The number of pyridine rings is 1. The highest BCUT2D eigenvalue weighted by molar-refractivity contribution is 5.95. The van der Waals surface area contributed by atoms with Gasteiger partial charge in [-0.15, -0.1) is 0 Å². The summed E-state index contributed by atoms with van der Waals surface area (Å²) in [6.45, 7) is 1.52. The molecule has 0 aliphatic rings. The Kier molecular flexibility index (Phi) is 3.68. The molecule has 6 nitrogen and oxygen atoms in total. The predicted molar refractivity (Wildman–Crippen MR) is 57.5 cm³/mol. The van der Waals surface area contributed by atoms with Crippen molar-refractivity contribution in [1.29, 1.82) is 0 Å². The maximum absolute atomic E-state index is 11.6. The Morgan fingerprint density at radius 3 is 2.75 bits per heavy atom. The first-order valence-electron chi connectivity index (χ1n) is 4.77. The van der Waals surface area contributed by atoms with Crippen LogP contribution in [0.3, 0.4) is 0 Å². The van der Waals surface area contributed by atoms with Gasteiger partial charge in [-0.3, -0.25) is 9.59 Å². The van der Waals surface area contributed by atoms with Gasteiger partial charge in [-0.25, -0.2) is 0 Å². The maximum Gasteiger partial charge on any atom is 0.272 e. The summed E-state index contributed by atoms with van der Waals surface area (Å²) in [7, 11) is 1.57. The van der Waals surface area contributed by atoms with Crippen molar-refractivity contribution < 1.29 is 15.0 Å². The number of aromatic nitrogens is 1. The van der Waals surface area contributed by atoms with E-state index in [-0.39, 0.29) is 18.8 Å². The smallest absolute Gasteiger partial charge is 0.272 e. The molecule has 0 aliphatic heterocycles. The number of rotatable bonds is 3. The van der Waals surface area contributed by atoms with Gasteiger partial charge >= 0.3 is 0 Å². The number of hydrogen-bond donors (Lipinski definition) is 3. The van der Waals surface area contributed by atoms with Gasteiger partial charge in [-0.1, -0.05) is 0 Å². The van der Waals surface area contributed by atoms with E-state index in [1.54, 1.807) is 14.0 Å². The topological polar surface area (TPSA) is 91.6 Å². The minimum Gasteiger partial charge on any atom is -0.503 e. The number of carbonyl (C=O) groups excluding carboxylic acids is 1. The fraction of sp³-hybridized carbons (Fsp3) is 0.400. The molecule has 0 fully saturated rings. The van der Waals surface area contributed by atoms with E-state index in [1.807, 2.05) is 0 Å². The second-order valence-corrected chi connectivity index (χ2v) is 3.39. The van der Waals surface area contributed by atoms with E-state index in [1.165, 1.54) is 10.6 Å². The second-order valence-electron chi connectivity index (χ2n) is 3.39. The van der Waals surface area contributed by atoms with Crippen LogP contribution in [0, 0.1) is 6.92 Å². The third-order valence-corrected chi connectivity index (χ3v) is 2.27. The van der Waals surface area contributed by atoms with Crippen LogP contribution >= 0.6 is 0 Å². The first-order valence-corrected chi connectivity index (χ1v) is 4.77. The first-order chi connectivity index (χ1) is 7.49. The van der Waals surface area contributed by atoms with Gasteiger partial charge < -0.3 is 20.1 Å². The van der Waals surface area contributed by atoms with Crippen molar-refractivity contribution in [2.45, 2.75) is 6.92 Å². The van der Waals surface area contributed by atoms with Crippen LogP contribution in [0.1, 0.15) is 16.2 Å². The van der Waals surface area contributed by atoms with E-state index in [2.05, 4.69) is 5.32 Å². The van der Waals surface area contributed by atoms with Gasteiger partial charge in [-0.2, -0.15) is 0 Å². The quantitative estimate of drug-likeness (QED) is 0.624. The molecule has 16 heavy (non-hydrogen) atoms. The highest BCUT2D eigenvalue weighted by Crippen LogP contribution is 2.12. The molecule has 0 radical (unpaired) electrons. The van der Waals surface area contributed by atoms with Crippen LogP contribution < -0.4 is 10.7 Å². The van der Waals surface area contributed by atoms with E-state index in [0.29, 0.717) is 5.69 Å². The Bertz CT molecular complexity index is 465. The molecule has 1 rings (SSSR count). The SMILES string of the molecule is Cc1cc(=O)c(O)c(C(=O)NCCO)n1C. The zero-order valence-corrected chi connectivity index (χ0v) is 9.15. The standard InChI is InChI=1S/C10H14N2O4/c1-6-5-7(14)9(15)8(12(6)2)10(16)11-3-4-13/h5,13,15H,3-4H2,1-2H3,(H,11,16). The Hall–Kier alpha value is -1.82. The molecule has 0 spiro atoms. The molecular weight excluding hydrogens is 212 g/mol. The summed E-state index contributed by atoms with van der Waals surface area (Å²) in [5.74, 6) is -1.17. The van der Waals surface area contributed by atoms with Crippen molar-refractivity contribution >= 4 is 5.91 Å². The number of aliphatic hydroxyl groups excluding tert-OH is 1. The van der Waals surface area contributed by atoms with Crippen molar-refractivity contribution in [2.24, 2.45) is 7.05 Å². The first kappa shape index (κ1) is 12.3. The van der Waals surface area contributed by atoms with Gasteiger partial charge in [0.25, 0.3) is 5.91 Å². The number of amides is 1. The largest absolute Gasteiger partial charge is 0.503 e. The summed E-state index contributed by atoms with van der Waals surface area (Å²) in [5.41, 5.74) is -0.125. The minimum atomic E-state index is -0.593. The zero-order chi connectivity index (χ0) is 12.3. The third-order valence-electron chi connectivity index (χ3n) is 2.27. The fourth-order valence-corrected chi connectivity index (χ4v) is 1.32. The van der Waals surface area contributed by atoms with E-state index < -0.39 is 17.1 Å². The van der Waals surface area contributed by atoms with E-state index in [9.17, 15) is 14.7 Å². The van der Waals surface area contributed by atoms with Crippen LogP contribution in [-0.2, 0) is 7.05 Å². The number of aromatic hydroxyl groups is 1. The van der Waals surface area contributed by atoms with Crippen molar-refractivity contribution in [3.8, 4) is 5.75 Å². The lowest BCUT2D eigenvalue weighted by atomic mass is 10.2. The molecule has 1 aromatic heterocycles. The molecule has 3 N–H and O–H groups in total. The monoisotopic (exact) mass is 226 g/mol. The molecule has 88 valence electrons. The molecule has 6 heteroatoms. The summed E-state index contributed by atoms with van der Waals surface area (Å²) in [6.07, 6.45) is 0. The van der Waals surface area contributed by atoms with E-state index >= 15 is 0 Å². The van der Waals surface area contributed by atoms with E-state index in [4.69, 9.17) is 5.11 Å². The molecule has 0 unspecified atom stereocenters. The third kappa shape index (κ3) is 2.22. The Morgan fingerprint density at radius 1 is 1.56 bits per heavy atom. The highest BCUT2D eigenvalue weighted by atomic mass is 16.3. The van der Waals surface area contributed by atoms with Gasteiger partial charge in [0.05, 0.1) is 6.61 Å². The number of nitrogens with zero attached hydrogens (tertiary/aromatic N) is 1. The van der Waals surface area contributed by atoms with Crippen molar-refractivity contribution in [3.63, 3.8) is 0 Å². The van der Waals surface area contributed by atoms with Gasteiger partial charge in [0.2, 0.25) is 5.43 Å². The number of aliphatic hydroxyl groups is 1. The normalized spacial score (nSPS) is 10.2. The lowest BCUT2D eigenvalue weighted by molar-refractivity contribution is 0.0932. The van der Waals surface area contributed by atoms with Crippen LogP contribution in [-0.4, -0.2) is 33.8 Å². The summed E-state index contributed by atoms with van der Waals surface area (Å²) < 4.78 is 1.42. The molecule has 0 aromatic carbocycles.